The number of nitrogens with zero attached hydrogens (tertiary/aromatic N) is 3. The highest BCUT2D eigenvalue weighted by molar-refractivity contribution is 5.93. The van der Waals surface area contributed by atoms with Gasteiger partial charge in [0.05, 0.1) is 23.7 Å². The maximum absolute atomic E-state index is 12.3. The molecule has 0 aliphatic rings. The molecule has 1 aromatic carbocycles. The van der Waals surface area contributed by atoms with Gasteiger partial charge >= 0.3 is 5.69 Å². The zero-order valence-corrected chi connectivity index (χ0v) is 14.2. The summed E-state index contributed by atoms with van der Waals surface area (Å²) in [6, 6.07) is 9.24. The van der Waals surface area contributed by atoms with Crippen LogP contribution in [0.3, 0.4) is 0 Å². The van der Waals surface area contributed by atoms with E-state index in [4.69, 9.17) is 0 Å². The summed E-state index contributed by atoms with van der Waals surface area (Å²) in [5, 5.41) is 3.02. The molecule has 1 amide bonds. The fourth-order valence-electron chi connectivity index (χ4n) is 2.63. The van der Waals surface area contributed by atoms with Gasteiger partial charge in [0.2, 0.25) is 5.91 Å². The van der Waals surface area contributed by atoms with Gasteiger partial charge in [-0.25, -0.2) is 9.78 Å². The van der Waals surface area contributed by atoms with E-state index in [0.29, 0.717) is 5.69 Å². The quantitative estimate of drug-likeness (QED) is 0.775. The summed E-state index contributed by atoms with van der Waals surface area (Å²) in [7, 11) is 2.96. The van der Waals surface area contributed by atoms with Gasteiger partial charge in [-0.05, 0) is 18.6 Å². The number of aromatic nitrogens is 3. The lowest BCUT2D eigenvalue weighted by molar-refractivity contribution is -0.115. The zero-order valence-electron chi connectivity index (χ0n) is 14.2. The van der Waals surface area contributed by atoms with Crippen LogP contribution in [0.4, 0.5) is 5.69 Å². The lowest BCUT2D eigenvalue weighted by atomic mass is 10.1. The Balaban J connectivity index is 1.89. The van der Waals surface area contributed by atoms with Crippen LogP contribution in [0, 0.1) is 6.92 Å². The number of fused-ring (bicyclic) bond motifs is 1. The van der Waals surface area contributed by atoms with Crippen molar-refractivity contribution in [2.75, 3.05) is 5.32 Å². The summed E-state index contributed by atoms with van der Waals surface area (Å²) < 4.78 is 2.32. The molecule has 0 spiro atoms. The summed E-state index contributed by atoms with van der Waals surface area (Å²) in [6.07, 6.45) is 1.66. The van der Waals surface area contributed by atoms with Crippen molar-refractivity contribution in [1.82, 2.24) is 14.1 Å². The van der Waals surface area contributed by atoms with E-state index in [2.05, 4.69) is 10.3 Å². The minimum atomic E-state index is -0.444. The van der Waals surface area contributed by atoms with E-state index in [1.165, 1.54) is 23.9 Å². The fourth-order valence-corrected chi connectivity index (χ4v) is 2.63. The monoisotopic (exact) mass is 338 g/mol. The predicted octanol–water partition coefficient (Wildman–Crippen LogP) is 1.12. The van der Waals surface area contributed by atoms with Gasteiger partial charge in [-0.1, -0.05) is 29.8 Å². The van der Waals surface area contributed by atoms with Crippen LogP contribution in [0.25, 0.3) is 11.0 Å². The number of hydrogen-bond donors (Lipinski definition) is 1. The number of pyridine rings is 1. The summed E-state index contributed by atoms with van der Waals surface area (Å²) in [6.45, 7) is 1.98. The molecule has 0 atom stereocenters. The Labute approximate surface area is 143 Å². The molecule has 0 unspecified atom stereocenters. The number of anilines is 1. The van der Waals surface area contributed by atoms with Crippen LogP contribution in [0.2, 0.25) is 0 Å². The summed E-state index contributed by atoms with van der Waals surface area (Å²) in [5.41, 5.74) is 1.84. The average molecular weight is 338 g/mol. The third kappa shape index (κ3) is 3.21. The normalized spacial score (nSPS) is 10.8. The van der Waals surface area contributed by atoms with Crippen LogP contribution in [0.1, 0.15) is 11.1 Å². The standard InChI is InChI=1S/C18H18N4O3/c1-11-4-6-12(7-5-11)8-15(23)20-13-9-14-16(19-10-13)21(2)18(25)22(3)17(14)24/h4-7,9-10H,8H2,1-3H3,(H,20,23). The second-order valence-corrected chi connectivity index (χ2v) is 6.01. The first-order valence-corrected chi connectivity index (χ1v) is 7.78. The molecule has 3 rings (SSSR count). The van der Waals surface area contributed by atoms with E-state index in [9.17, 15) is 14.4 Å². The Morgan fingerprint density at radius 1 is 1.12 bits per heavy atom. The second-order valence-electron chi connectivity index (χ2n) is 6.01. The van der Waals surface area contributed by atoms with Gasteiger partial charge in [-0.2, -0.15) is 0 Å². The molecule has 7 heteroatoms. The highest BCUT2D eigenvalue weighted by atomic mass is 16.2. The smallest absolute Gasteiger partial charge is 0.324 e. The molecule has 1 N–H and O–H groups in total. The second kappa shape index (κ2) is 6.35. The molecular weight excluding hydrogens is 320 g/mol. The Morgan fingerprint density at radius 3 is 2.48 bits per heavy atom. The van der Waals surface area contributed by atoms with Crippen molar-refractivity contribution in [3.05, 3.63) is 68.5 Å². The number of carbonyl (C=O) groups excluding carboxylic acids is 1. The van der Waals surface area contributed by atoms with Gasteiger partial charge in [-0.3, -0.25) is 18.7 Å². The molecule has 0 bridgehead atoms. The molecule has 128 valence electrons. The molecule has 0 aliphatic carbocycles. The molecule has 7 nitrogen and oxygen atoms in total. The van der Waals surface area contributed by atoms with Crippen LogP contribution >= 0.6 is 0 Å². The van der Waals surface area contributed by atoms with Gasteiger partial charge in [-0.15, -0.1) is 0 Å². The number of rotatable bonds is 3. The Kier molecular flexibility index (Phi) is 4.22. The van der Waals surface area contributed by atoms with Crippen molar-refractivity contribution in [2.24, 2.45) is 14.1 Å². The van der Waals surface area contributed by atoms with Gasteiger partial charge in [0.25, 0.3) is 5.56 Å². The lowest BCUT2D eigenvalue weighted by Crippen LogP contribution is -2.37. The van der Waals surface area contributed by atoms with Gasteiger partial charge in [0.15, 0.2) is 0 Å². The van der Waals surface area contributed by atoms with E-state index < -0.39 is 11.2 Å². The first kappa shape index (κ1) is 16.6. The lowest BCUT2D eigenvalue weighted by Gasteiger charge is -2.09. The molecule has 0 fully saturated rings. The Morgan fingerprint density at radius 2 is 1.80 bits per heavy atom. The van der Waals surface area contributed by atoms with Crippen molar-refractivity contribution in [1.29, 1.82) is 0 Å². The van der Waals surface area contributed by atoms with Gasteiger partial charge in [0.1, 0.15) is 5.65 Å². The number of nitrogens with one attached hydrogen (secondary N) is 1. The highest BCUT2D eigenvalue weighted by Gasteiger charge is 2.11. The maximum atomic E-state index is 12.3. The Hall–Kier alpha value is -3.22. The van der Waals surface area contributed by atoms with Crippen LogP contribution in [0.15, 0.2) is 46.1 Å². The molecule has 3 aromatic rings. The van der Waals surface area contributed by atoms with Crippen LogP contribution in [-0.2, 0) is 25.3 Å². The maximum Gasteiger partial charge on any atom is 0.332 e. The first-order chi connectivity index (χ1) is 11.9. The molecule has 0 radical (unpaired) electrons. The number of aryl methyl sites for hydroxylation is 2. The summed E-state index contributed by atoms with van der Waals surface area (Å²) >= 11 is 0. The number of hydrogen-bond acceptors (Lipinski definition) is 4. The van der Waals surface area contributed by atoms with Crippen molar-refractivity contribution >= 4 is 22.6 Å². The first-order valence-electron chi connectivity index (χ1n) is 7.78. The molecule has 25 heavy (non-hydrogen) atoms. The third-order valence-corrected chi connectivity index (χ3v) is 4.06. The number of carbonyl (C=O) groups is 1. The Bertz CT molecular complexity index is 1080. The van der Waals surface area contributed by atoms with Crippen molar-refractivity contribution in [3.63, 3.8) is 0 Å². The average Bonchev–Trinajstić information content (AvgIpc) is 2.60. The van der Waals surface area contributed by atoms with Crippen molar-refractivity contribution in [2.45, 2.75) is 13.3 Å². The van der Waals surface area contributed by atoms with Gasteiger partial charge in [0, 0.05) is 14.1 Å². The number of benzene rings is 1. The highest BCUT2D eigenvalue weighted by Crippen LogP contribution is 2.13. The largest absolute Gasteiger partial charge is 0.332 e. The minimum absolute atomic E-state index is 0.202. The van der Waals surface area contributed by atoms with E-state index in [1.54, 1.807) is 7.05 Å². The molecule has 0 aliphatic heterocycles. The van der Waals surface area contributed by atoms with E-state index >= 15 is 0 Å². The van der Waals surface area contributed by atoms with Crippen molar-refractivity contribution in [3.8, 4) is 0 Å². The van der Waals surface area contributed by atoms with E-state index in [-0.39, 0.29) is 23.4 Å². The number of amides is 1. The summed E-state index contributed by atoms with van der Waals surface area (Å²) in [4.78, 5) is 40.5. The molecule has 0 saturated carbocycles. The SMILES string of the molecule is Cc1ccc(CC(=O)Nc2cnc3c(c2)c(=O)n(C)c(=O)n3C)cc1. The van der Waals surface area contributed by atoms with Crippen LogP contribution < -0.4 is 16.6 Å². The molecule has 0 saturated heterocycles. The molecule has 2 aromatic heterocycles. The van der Waals surface area contributed by atoms with Crippen LogP contribution in [0.5, 0.6) is 0 Å². The topological polar surface area (TPSA) is 86.0 Å². The van der Waals surface area contributed by atoms with Crippen molar-refractivity contribution < 1.29 is 4.79 Å². The van der Waals surface area contributed by atoms with Crippen LogP contribution in [-0.4, -0.2) is 20.0 Å². The fraction of sp³-hybridized carbons (Fsp3) is 0.222. The van der Waals surface area contributed by atoms with E-state index in [0.717, 1.165) is 15.7 Å². The zero-order chi connectivity index (χ0) is 18.1. The predicted molar refractivity (Wildman–Crippen MR) is 95.7 cm³/mol. The molecule has 2 heterocycles. The van der Waals surface area contributed by atoms with E-state index in [1.807, 2.05) is 31.2 Å². The molecular formula is C18H18N4O3. The third-order valence-electron chi connectivity index (χ3n) is 4.06. The van der Waals surface area contributed by atoms with Gasteiger partial charge < -0.3 is 5.32 Å². The minimum Gasteiger partial charge on any atom is -0.324 e. The summed E-state index contributed by atoms with van der Waals surface area (Å²) in [5.74, 6) is -0.202.